The van der Waals surface area contributed by atoms with Crippen molar-refractivity contribution < 1.29 is 14.3 Å². The van der Waals surface area contributed by atoms with Crippen molar-refractivity contribution in [1.82, 2.24) is 10.2 Å². The maximum Gasteiger partial charge on any atom is 0.338 e. The summed E-state index contributed by atoms with van der Waals surface area (Å²) in [6.45, 7) is 6.53. The number of esters is 1. The molecule has 0 aliphatic carbocycles. The van der Waals surface area contributed by atoms with Gasteiger partial charge in [-0.1, -0.05) is 29.8 Å². The first-order valence-electron chi connectivity index (χ1n) is 10.2. The first kappa shape index (κ1) is 23.6. The molecular weight excluding hydrogens is 448 g/mol. The van der Waals surface area contributed by atoms with Gasteiger partial charge in [-0.05, 0) is 68.9 Å². The first-order valence-corrected chi connectivity index (χ1v) is 11.0. The zero-order valence-corrected chi connectivity index (χ0v) is 19.6. The predicted octanol–water partition coefficient (Wildman–Crippen LogP) is 5.07. The van der Waals surface area contributed by atoms with E-state index >= 15 is 0 Å². The molecule has 0 unspecified atom stereocenters. The Morgan fingerprint density at radius 2 is 1.81 bits per heavy atom. The number of thiocarbonyl (C=S) groups is 1. The van der Waals surface area contributed by atoms with Gasteiger partial charge in [0, 0.05) is 28.6 Å². The lowest BCUT2D eigenvalue weighted by Crippen LogP contribution is -2.47. The van der Waals surface area contributed by atoms with Gasteiger partial charge in [0.05, 0.1) is 18.2 Å². The van der Waals surface area contributed by atoms with Crippen molar-refractivity contribution in [2.24, 2.45) is 0 Å². The number of halogens is 1. The number of carbonyl (C=O) groups excluding carboxylic acids is 2. The van der Waals surface area contributed by atoms with Gasteiger partial charge in [-0.2, -0.15) is 0 Å². The van der Waals surface area contributed by atoms with Crippen LogP contribution in [0.5, 0.6) is 0 Å². The Morgan fingerprint density at radius 3 is 2.44 bits per heavy atom. The first-order chi connectivity index (χ1) is 15.3. The summed E-state index contributed by atoms with van der Waals surface area (Å²) in [6.07, 6.45) is 0. The number of hydrogen-bond donors (Lipinski definition) is 3. The number of carbonyl (C=O) groups is 2. The minimum absolute atomic E-state index is 0.281. The highest BCUT2D eigenvalue weighted by Crippen LogP contribution is 2.32. The summed E-state index contributed by atoms with van der Waals surface area (Å²) in [4.78, 5) is 26.9. The van der Waals surface area contributed by atoms with Crippen molar-refractivity contribution in [3.05, 3.63) is 70.4 Å². The molecule has 1 heterocycles. The van der Waals surface area contributed by atoms with Gasteiger partial charge in [0.15, 0.2) is 5.11 Å². The van der Waals surface area contributed by atoms with Crippen molar-refractivity contribution in [3.63, 3.8) is 0 Å². The largest absolute Gasteiger partial charge is 0.463 e. The molecule has 2 aromatic rings. The van der Waals surface area contributed by atoms with Crippen LogP contribution in [0.25, 0.3) is 0 Å². The lowest BCUT2D eigenvalue weighted by atomic mass is 9.95. The van der Waals surface area contributed by atoms with Gasteiger partial charge >= 0.3 is 12.0 Å². The molecule has 1 aliphatic rings. The summed E-state index contributed by atoms with van der Waals surface area (Å²) in [7, 11) is 0. The summed E-state index contributed by atoms with van der Waals surface area (Å²) in [5.74, 6) is -0.383. The summed E-state index contributed by atoms with van der Waals surface area (Å²) in [5, 5.41) is 9.83. The number of benzene rings is 2. The van der Waals surface area contributed by atoms with Crippen LogP contribution in [0.1, 0.15) is 32.4 Å². The van der Waals surface area contributed by atoms with E-state index in [0.29, 0.717) is 33.6 Å². The van der Waals surface area contributed by atoms with Crippen molar-refractivity contribution >= 4 is 52.3 Å². The predicted molar refractivity (Wildman–Crippen MR) is 131 cm³/mol. The molecular formula is C23H25ClN4O3S. The van der Waals surface area contributed by atoms with E-state index in [-0.39, 0.29) is 12.6 Å². The number of ether oxygens (including phenoxy) is 1. The van der Waals surface area contributed by atoms with E-state index < -0.39 is 12.1 Å². The van der Waals surface area contributed by atoms with Crippen molar-refractivity contribution in [2.45, 2.75) is 26.8 Å². The molecule has 0 saturated heterocycles. The summed E-state index contributed by atoms with van der Waals surface area (Å²) in [6, 6.07) is 13.3. The highest BCUT2D eigenvalue weighted by molar-refractivity contribution is 7.80. The Labute approximate surface area is 197 Å². The van der Waals surface area contributed by atoms with Gasteiger partial charge in [0.2, 0.25) is 0 Å². The number of nitrogens with zero attached hydrogens (tertiary/aromatic N) is 1. The Kier molecular flexibility index (Phi) is 7.71. The third kappa shape index (κ3) is 5.38. The maximum atomic E-state index is 12.7. The normalized spacial score (nSPS) is 15.8. The molecule has 2 aromatic carbocycles. The second-order valence-electron chi connectivity index (χ2n) is 7.06. The number of rotatable bonds is 6. The van der Waals surface area contributed by atoms with Crippen LogP contribution < -0.4 is 16.0 Å². The van der Waals surface area contributed by atoms with E-state index in [1.807, 2.05) is 30.9 Å². The molecule has 0 spiro atoms. The zero-order chi connectivity index (χ0) is 23.3. The van der Waals surface area contributed by atoms with Crippen LogP contribution in [0.2, 0.25) is 5.02 Å². The van der Waals surface area contributed by atoms with E-state index in [1.165, 1.54) is 0 Å². The van der Waals surface area contributed by atoms with Gasteiger partial charge in [-0.25, -0.2) is 9.59 Å². The number of urea groups is 1. The number of hydrogen-bond acceptors (Lipinski definition) is 4. The van der Waals surface area contributed by atoms with Crippen molar-refractivity contribution in [3.8, 4) is 0 Å². The molecule has 32 heavy (non-hydrogen) atoms. The summed E-state index contributed by atoms with van der Waals surface area (Å²) < 4.78 is 5.29. The van der Waals surface area contributed by atoms with Crippen LogP contribution in [-0.4, -0.2) is 35.2 Å². The Balaban J connectivity index is 1.78. The standard InChI is InChI=1S/C23H25ClN4O3S/c1-4-28-14(3)19(21(29)31-5-2)20(27-23(28)32)15-9-11-17(12-10-15)25-22(30)26-18-8-6-7-16(24)13-18/h6-13,20H,4-5H2,1-3H3,(H,27,32)(H2,25,26,30)/t20-/m1/s1. The third-order valence-electron chi connectivity index (χ3n) is 4.99. The van der Waals surface area contributed by atoms with E-state index in [9.17, 15) is 9.59 Å². The monoisotopic (exact) mass is 472 g/mol. The highest BCUT2D eigenvalue weighted by atomic mass is 35.5. The van der Waals surface area contributed by atoms with Crippen LogP contribution in [-0.2, 0) is 9.53 Å². The quantitative estimate of drug-likeness (QED) is 0.402. The average Bonchev–Trinajstić information content (AvgIpc) is 2.74. The van der Waals surface area contributed by atoms with E-state index in [4.69, 9.17) is 28.6 Å². The smallest absolute Gasteiger partial charge is 0.338 e. The van der Waals surface area contributed by atoms with Gasteiger partial charge in [0.1, 0.15) is 0 Å². The number of amides is 2. The zero-order valence-electron chi connectivity index (χ0n) is 18.1. The lowest BCUT2D eigenvalue weighted by Gasteiger charge is -2.37. The minimum Gasteiger partial charge on any atom is -0.463 e. The Bertz CT molecular complexity index is 1060. The molecule has 3 rings (SSSR count). The average molecular weight is 473 g/mol. The lowest BCUT2D eigenvalue weighted by molar-refractivity contribution is -0.139. The second kappa shape index (κ2) is 10.5. The molecule has 0 bridgehead atoms. The Hall–Kier alpha value is -3.10. The fraction of sp³-hybridized carbons (Fsp3) is 0.261. The van der Waals surface area contributed by atoms with Gasteiger partial charge in [-0.15, -0.1) is 0 Å². The van der Waals surface area contributed by atoms with Crippen LogP contribution in [0.3, 0.4) is 0 Å². The molecule has 1 aliphatic heterocycles. The highest BCUT2D eigenvalue weighted by Gasteiger charge is 2.34. The molecule has 168 valence electrons. The summed E-state index contributed by atoms with van der Waals surface area (Å²) >= 11 is 11.4. The minimum atomic E-state index is -0.446. The molecule has 0 fully saturated rings. The fourth-order valence-corrected chi connectivity index (χ4v) is 4.08. The van der Waals surface area contributed by atoms with Crippen molar-refractivity contribution in [2.75, 3.05) is 23.8 Å². The molecule has 9 heteroatoms. The topological polar surface area (TPSA) is 82.7 Å². The van der Waals surface area contributed by atoms with Gasteiger partial charge in [-0.3, -0.25) is 0 Å². The fourth-order valence-electron chi connectivity index (χ4n) is 3.50. The van der Waals surface area contributed by atoms with Crippen LogP contribution >= 0.6 is 23.8 Å². The van der Waals surface area contributed by atoms with E-state index in [2.05, 4.69) is 16.0 Å². The van der Waals surface area contributed by atoms with E-state index in [0.717, 1.165) is 11.3 Å². The maximum absolute atomic E-state index is 12.7. The van der Waals surface area contributed by atoms with Crippen molar-refractivity contribution in [1.29, 1.82) is 0 Å². The number of anilines is 2. The molecule has 0 saturated carbocycles. The molecule has 0 radical (unpaired) electrons. The summed E-state index contributed by atoms with van der Waals surface area (Å²) in [5.41, 5.74) is 3.29. The molecule has 3 N–H and O–H groups in total. The third-order valence-corrected chi connectivity index (χ3v) is 5.57. The van der Waals surface area contributed by atoms with Crippen LogP contribution in [0, 0.1) is 0 Å². The van der Waals surface area contributed by atoms with Gasteiger partial charge < -0.3 is 25.6 Å². The SMILES string of the molecule is CCOC(=O)C1=C(C)N(CC)C(=S)N[C@@H]1c1ccc(NC(=O)Nc2cccc(Cl)c2)cc1. The second-order valence-corrected chi connectivity index (χ2v) is 7.88. The number of allylic oxidation sites excluding steroid dienone is 1. The molecule has 7 nitrogen and oxygen atoms in total. The van der Waals surface area contributed by atoms with Crippen LogP contribution in [0.15, 0.2) is 59.8 Å². The Morgan fingerprint density at radius 1 is 1.12 bits per heavy atom. The number of nitrogens with one attached hydrogen (secondary N) is 3. The van der Waals surface area contributed by atoms with E-state index in [1.54, 1.807) is 43.3 Å². The van der Waals surface area contributed by atoms with Gasteiger partial charge in [0.25, 0.3) is 0 Å². The molecule has 1 atom stereocenters. The van der Waals surface area contributed by atoms with Crippen LogP contribution in [0.4, 0.5) is 16.2 Å². The molecule has 2 amide bonds. The molecule has 0 aromatic heterocycles.